The van der Waals surface area contributed by atoms with Crippen molar-refractivity contribution in [2.75, 3.05) is 26.2 Å². The molecule has 1 saturated carbocycles. The van der Waals surface area contributed by atoms with E-state index in [1.165, 1.54) is 55.1 Å². The number of hydrogen-bond donors (Lipinski definition) is 2. The van der Waals surface area contributed by atoms with Gasteiger partial charge in [0.2, 0.25) is 0 Å². The number of likely N-dealkylation sites (tertiary alicyclic amines) is 1. The Kier molecular flexibility index (Phi) is 7.97. The van der Waals surface area contributed by atoms with Gasteiger partial charge in [0.05, 0.1) is 0 Å². The van der Waals surface area contributed by atoms with Crippen LogP contribution in [-0.2, 0) is 6.42 Å². The van der Waals surface area contributed by atoms with Gasteiger partial charge in [-0.15, -0.1) is 24.0 Å². The number of fused-ring (bicyclic) bond motifs is 1. The lowest BCUT2D eigenvalue weighted by molar-refractivity contribution is 0.197. The number of rotatable bonds is 6. The minimum atomic E-state index is 0. The molecule has 2 aromatic rings. The molecule has 5 heteroatoms. The summed E-state index contributed by atoms with van der Waals surface area (Å²) in [6, 6.07) is 16.6. The maximum Gasteiger partial charge on any atom is 0.191 e. The van der Waals surface area contributed by atoms with Crippen molar-refractivity contribution >= 4 is 40.7 Å². The molecule has 0 spiro atoms. The standard InChI is InChI=1S/C23H32N4.HI/c1-2-24-23(26-20-13-16-27(17-14-20)21-10-11-21)25-15-12-19-8-5-7-18-6-3-4-9-22(18)19;/h3-9,20-21H,2,10-17H2,1H3,(H2,24,25,26);1H. The topological polar surface area (TPSA) is 39.7 Å². The molecule has 0 radical (unpaired) electrons. The Morgan fingerprint density at radius 1 is 1.04 bits per heavy atom. The van der Waals surface area contributed by atoms with E-state index >= 15 is 0 Å². The Labute approximate surface area is 186 Å². The molecule has 1 aliphatic carbocycles. The second-order valence-corrected chi connectivity index (χ2v) is 7.83. The number of benzene rings is 2. The summed E-state index contributed by atoms with van der Waals surface area (Å²) in [5, 5.41) is 9.76. The lowest BCUT2D eigenvalue weighted by Gasteiger charge is -2.33. The van der Waals surface area contributed by atoms with Crippen molar-refractivity contribution in [1.82, 2.24) is 15.5 Å². The number of halogens is 1. The highest BCUT2D eigenvalue weighted by Crippen LogP contribution is 2.29. The summed E-state index contributed by atoms with van der Waals surface area (Å²) in [5.74, 6) is 0.975. The van der Waals surface area contributed by atoms with Crippen molar-refractivity contribution in [3.8, 4) is 0 Å². The minimum absolute atomic E-state index is 0. The Bertz CT molecular complexity index is 774. The molecule has 0 aromatic heterocycles. The van der Waals surface area contributed by atoms with Gasteiger partial charge < -0.3 is 15.5 Å². The smallest absolute Gasteiger partial charge is 0.191 e. The molecule has 0 unspecified atom stereocenters. The van der Waals surface area contributed by atoms with E-state index in [4.69, 9.17) is 4.99 Å². The molecular weight excluding hydrogens is 459 g/mol. The van der Waals surface area contributed by atoms with Gasteiger partial charge >= 0.3 is 0 Å². The summed E-state index contributed by atoms with van der Waals surface area (Å²) < 4.78 is 0. The normalized spacial score (nSPS) is 18.7. The Hall–Kier alpha value is -1.34. The third-order valence-corrected chi connectivity index (χ3v) is 5.81. The van der Waals surface area contributed by atoms with E-state index in [1.54, 1.807) is 0 Å². The van der Waals surface area contributed by atoms with Crippen LogP contribution < -0.4 is 10.6 Å². The Morgan fingerprint density at radius 3 is 2.54 bits per heavy atom. The first-order valence-electron chi connectivity index (χ1n) is 10.6. The molecular formula is C23H33IN4. The molecule has 0 amide bonds. The lowest BCUT2D eigenvalue weighted by Crippen LogP contribution is -2.49. The quantitative estimate of drug-likeness (QED) is 0.361. The molecule has 28 heavy (non-hydrogen) atoms. The van der Waals surface area contributed by atoms with Crippen molar-refractivity contribution in [1.29, 1.82) is 0 Å². The van der Waals surface area contributed by atoms with Gasteiger partial charge in [-0.2, -0.15) is 0 Å². The molecule has 1 aliphatic heterocycles. The van der Waals surface area contributed by atoms with E-state index in [9.17, 15) is 0 Å². The minimum Gasteiger partial charge on any atom is -0.357 e. The highest BCUT2D eigenvalue weighted by atomic mass is 127. The molecule has 0 bridgehead atoms. The summed E-state index contributed by atoms with van der Waals surface area (Å²) in [6.07, 6.45) is 6.25. The summed E-state index contributed by atoms with van der Waals surface area (Å²) in [7, 11) is 0. The number of aliphatic imine (C=N–C) groups is 1. The summed E-state index contributed by atoms with van der Waals surface area (Å²) >= 11 is 0. The zero-order chi connectivity index (χ0) is 18.5. The average molecular weight is 492 g/mol. The fraction of sp³-hybridized carbons (Fsp3) is 0.522. The zero-order valence-corrected chi connectivity index (χ0v) is 19.2. The lowest BCUT2D eigenvalue weighted by atomic mass is 10.0. The SMILES string of the molecule is CCNC(=NCCc1cccc2ccccc12)NC1CCN(C2CC2)CC1.I. The molecule has 1 heterocycles. The van der Waals surface area contributed by atoms with E-state index in [-0.39, 0.29) is 24.0 Å². The van der Waals surface area contributed by atoms with E-state index in [1.807, 2.05) is 0 Å². The van der Waals surface area contributed by atoms with Gasteiger partial charge in [0.1, 0.15) is 0 Å². The van der Waals surface area contributed by atoms with E-state index in [2.05, 4.69) is 64.9 Å². The van der Waals surface area contributed by atoms with Crippen LogP contribution in [0.5, 0.6) is 0 Å². The van der Waals surface area contributed by atoms with Gasteiger partial charge in [0, 0.05) is 38.3 Å². The molecule has 4 nitrogen and oxygen atoms in total. The van der Waals surface area contributed by atoms with Crippen LogP contribution in [0.1, 0.15) is 38.2 Å². The largest absolute Gasteiger partial charge is 0.357 e. The van der Waals surface area contributed by atoms with Gasteiger partial charge in [0.25, 0.3) is 0 Å². The van der Waals surface area contributed by atoms with Gasteiger partial charge in [-0.1, -0.05) is 42.5 Å². The average Bonchev–Trinajstić information content (AvgIpc) is 3.54. The molecule has 2 fully saturated rings. The van der Waals surface area contributed by atoms with Gasteiger partial charge in [-0.25, -0.2) is 0 Å². The summed E-state index contributed by atoms with van der Waals surface area (Å²) in [5.41, 5.74) is 1.38. The van der Waals surface area contributed by atoms with Gasteiger partial charge in [0.15, 0.2) is 5.96 Å². The molecule has 152 valence electrons. The van der Waals surface area contributed by atoms with E-state index < -0.39 is 0 Å². The summed E-state index contributed by atoms with van der Waals surface area (Å²) in [4.78, 5) is 7.53. The van der Waals surface area contributed by atoms with Crippen LogP contribution >= 0.6 is 24.0 Å². The molecule has 0 atom stereocenters. The maximum atomic E-state index is 4.86. The van der Waals surface area contributed by atoms with Crippen LogP contribution in [0.4, 0.5) is 0 Å². The zero-order valence-electron chi connectivity index (χ0n) is 16.9. The van der Waals surface area contributed by atoms with Crippen LogP contribution in [0.3, 0.4) is 0 Å². The molecule has 2 aromatic carbocycles. The first-order valence-corrected chi connectivity index (χ1v) is 10.6. The monoisotopic (exact) mass is 492 g/mol. The van der Waals surface area contributed by atoms with Crippen LogP contribution in [0.2, 0.25) is 0 Å². The predicted molar refractivity (Wildman–Crippen MR) is 130 cm³/mol. The van der Waals surface area contributed by atoms with Crippen molar-refractivity contribution < 1.29 is 0 Å². The van der Waals surface area contributed by atoms with Gasteiger partial charge in [-0.05, 0) is 55.4 Å². The number of piperidine rings is 1. The van der Waals surface area contributed by atoms with Gasteiger partial charge in [-0.3, -0.25) is 4.99 Å². The van der Waals surface area contributed by atoms with Crippen LogP contribution in [-0.4, -0.2) is 49.1 Å². The molecule has 1 saturated heterocycles. The predicted octanol–water partition coefficient (Wildman–Crippen LogP) is 4.18. The van der Waals surface area contributed by atoms with Crippen molar-refractivity contribution in [2.45, 2.75) is 51.1 Å². The first kappa shape index (κ1) is 21.4. The van der Waals surface area contributed by atoms with E-state index in [0.717, 1.165) is 31.5 Å². The van der Waals surface area contributed by atoms with Crippen molar-refractivity contribution in [3.63, 3.8) is 0 Å². The summed E-state index contributed by atoms with van der Waals surface area (Å²) in [6.45, 7) is 6.32. The highest BCUT2D eigenvalue weighted by molar-refractivity contribution is 14.0. The molecule has 2 aliphatic rings. The first-order chi connectivity index (χ1) is 13.3. The van der Waals surface area contributed by atoms with Crippen molar-refractivity contribution in [2.24, 2.45) is 4.99 Å². The number of guanidine groups is 1. The van der Waals surface area contributed by atoms with Crippen molar-refractivity contribution in [3.05, 3.63) is 48.0 Å². The second-order valence-electron chi connectivity index (χ2n) is 7.83. The van der Waals surface area contributed by atoms with Crippen LogP contribution in [0.15, 0.2) is 47.5 Å². The number of nitrogens with zero attached hydrogens (tertiary/aromatic N) is 2. The number of hydrogen-bond acceptors (Lipinski definition) is 2. The van der Waals surface area contributed by atoms with Crippen LogP contribution in [0, 0.1) is 0 Å². The second kappa shape index (κ2) is 10.4. The third-order valence-electron chi connectivity index (χ3n) is 5.81. The Balaban J connectivity index is 0.00000225. The fourth-order valence-electron chi connectivity index (χ4n) is 4.16. The maximum absolute atomic E-state index is 4.86. The van der Waals surface area contributed by atoms with E-state index in [0.29, 0.717) is 6.04 Å². The van der Waals surface area contributed by atoms with Crippen LogP contribution in [0.25, 0.3) is 10.8 Å². The highest BCUT2D eigenvalue weighted by Gasteiger charge is 2.31. The molecule has 2 N–H and O–H groups in total. The Morgan fingerprint density at radius 2 is 1.79 bits per heavy atom. The molecule has 4 rings (SSSR count). The third kappa shape index (κ3) is 5.60. The number of nitrogens with one attached hydrogen (secondary N) is 2. The fourth-order valence-corrected chi connectivity index (χ4v) is 4.16.